The van der Waals surface area contributed by atoms with Crippen LogP contribution in [0.25, 0.3) is 98.0 Å². The lowest BCUT2D eigenvalue weighted by molar-refractivity contribution is 1.29. The summed E-state index contributed by atoms with van der Waals surface area (Å²) >= 11 is 0. The highest BCUT2D eigenvalue weighted by Gasteiger charge is 2.20. The Morgan fingerprint density at radius 2 is 0.770 bits per heavy atom. The first-order chi connectivity index (χ1) is 30.2. The highest BCUT2D eigenvalue weighted by Crippen LogP contribution is 2.45. The van der Waals surface area contributed by atoms with E-state index < -0.39 is 0 Å². The van der Waals surface area contributed by atoms with Crippen molar-refractivity contribution in [1.29, 1.82) is 0 Å². The third kappa shape index (κ3) is 6.02. The summed E-state index contributed by atoms with van der Waals surface area (Å²) in [5.74, 6) is 0. The molecule has 0 spiro atoms. The summed E-state index contributed by atoms with van der Waals surface area (Å²) in [6.07, 6.45) is 0. The first kappa shape index (κ1) is 35.0. The number of anilines is 3. The van der Waals surface area contributed by atoms with Gasteiger partial charge in [0.25, 0.3) is 0 Å². The van der Waals surface area contributed by atoms with Crippen molar-refractivity contribution in [3.8, 4) is 33.4 Å². The van der Waals surface area contributed by atoms with Gasteiger partial charge in [-0.1, -0.05) is 194 Å². The Labute approximate surface area is 355 Å². The SMILES string of the molecule is c1ccc(-c2cc(-c3cccc4ccccc34)ccc2N(c2ccc(-c3ccc4ccc5ccc6ccccc6c5c4c3)cc2)c2ccc3c(ccc4ccccc43)c2)cc1. The van der Waals surface area contributed by atoms with E-state index in [0.29, 0.717) is 0 Å². The van der Waals surface area contributed by atoms with E-state index in [1.165, 1.54) is 98.0 Å². The molecule has 12 rings (SSSR count). The zero-order valence-corrected chi connectivity index (χ0v) is 33.5. The van der Waals surface area contributed by atoms with E-state index in [4.69, 9.17) is 0 Å². The third-order valence-electron chi connectivity index (χ3n) is 12.6. The molecule has 0 bridgehead atoms. The van der Waals surface area contributed by atoms with Crippen LogP contribution < -0.4 is 4.90 Å². The van der Waals surface area contributed by atoms with Crippen LogP contribution in [0.2, 0.25) is 0 Å². The topological polar surface area (TPSA) is 3.24 Å². The van der Waals surface area contributed by atoms with Crippen LogP contribution in [0, 0.1) is 0 Å². The Morgan fingerprint density at radius 1 is 0.230 bits per heavy atom. The van der Waals surface area contributed by atoms with E-state index in [9.17, 15) is 0 Å². The minimum absolute atomic E-state index is 1.09. The van der Waals surface area contributed by atoms with Crippen LogP contribution in [-0.4, -0.2) is 0 Å². The summed E-state index contributed by atoms with van der Waals surface area (Å²) in [7, 11) is 0. The number of benzene rings is 12. The van der Waals surface area contributed by atoms with Crippen molar-refractivity contribution in [2.45, 2.75) is 0 Å². The largest absolute Gasteiger partial charge is 0.310 e. The maximum atomic E-state index is 2.44. The summed E-state index contributed by atoms with van der Waals surface area (Å²) < 4.78 is 0. The lowest BCUT2D eigenvalue weighted by atomic mass is 9.93. The zero-order valence-electron chi connectivity index (χ0n) is 33.5. The Morgan fingerprint density at radius 3 is 1.56 bits per heavy atom. The fourth-order valence-electron chi connectivity index (χ4n) is 9.60. The molecule has 0 atom stereocenters. The van der Waals surface area contributed by atoms with Crippen LogP contribution in [-0.2, 0) is 0 Å². The standard InChI is InChI=1S/C60H39N/c1-2-11-42(12-3-1)57-39-49(54-20-10-16-41-13-4-7-17-52(41)54)31-36-59(57)61(51-34-35-55-48(37-51)28-24-43-14-5-8-18-53(43)55)50-32-29-40(30-33-50)47-27-23-45-22-26-46-25-21-44-15-6-9-19-56(44)60(46)58(45)38-47/h1-39H. The Kier molecular flexibility index (Phi) is 8.25. The van der Waals surface area contributed by atoms with Crippen molar-refractivity contribution < 1.29 is 0 Å². The van der Waals surface area contributed by atoms with Gasteiger partial charge in [-0.25, -0.2) is 0 Å². The predicted molar refractivity (Wildman–Crippen MR) is 262 cm³/mol. The summed E-state index contributed by atoms with van der Waals surface area (Å²) in [6, 6.07) is 87.0. The number of fused-ring (bicyclic) bond motifs is 9. The fraction of sp³-hybridized carbons (Fsp3) is 0. The minimum atomic E-state index is 1.09. The molecule has 284 valence electrons. The van der Waals surface area contributed by atoms with Gasteiger partial charge in [-0.05, 0) is 135 Å². The molecule has 0 aliphatic carbocycles. The number of hydrogen-bond acceptors (Lipinski definition) is 1. The number of rotatable bonds is 6. The molecule has 0 radical (unpaired) electrons. The summed E-state index contributed by atoms with van der Waals surface area (Å²) in [4.78, 5) is 2.44. The van der Waals surface area contributed by atoms with Crippen molar-refractivity contribution in [3.05, 3.63) is 237 Å². The van der Waals surface area contributed by atoms with Gasteiger partial charge in [0.1, 0.15) is 0 Å². The van der Waals surface area contributed by atoms with Crippen molar-refractivity contribution in [3.63, 3.8) is 0 Å². The lowest BCUT2D eigenvalue weighted by Crippen LogP contribution is -2.11. The monoisotopic (exact) mass is 773 g/mol. The quantitative estimate of drug-likeness (QED) is 0.152. The molecule has 0 aliphatic rings. The zero-order chi connectivity index (χ0) is 40.3. The van der Waals surface area contributed by atoms with Gasteiger partial charge < -0.3 is 4.90 Å². The summed E-state index contributed by atoms with van der Waals surface area (Å²) in [5, 5.41) is 15.1. The smallest absolute Gasteiger partial charge is 0.0540 e. The van der Waals surface area contributed by atoms with E-state index in [1.54, 1.807) is 0 Å². The molecule has 12 aromatic carbocycles. The van der Waals surface area contributed by atoms with Gasteiger partial charge in [-0.15, -0.1) is 0 Å². The maximum absolute atomic E-state index is 2.44. The van der Waals surface area contributed by atoms with E-state index in [1.807, 2.05) is 0 Å². The lowest BCUT2D eigenvalue weighted by Gasteiger charge is -2.29. The van der Waals surface area contributed by atoms with Gasteiger partial charge in [0.05, 0.1) is 5.69 Å². The molecule has 0 aromatic heterocycles. The van der Waals surface area contributed by atoms with Crippen LogP contribution in [0.15, 0.2) is 237 Å². The fourth-order valence-corrected chi connectivity index (χ4v) is 9.60. The van der Waals surface area contributed by atoms with Gasteiger partial charge in [-0.3, -0.25) is 0 Å². The number of nitrogens with zero attached hydrogens (tertiary/aromatic N) is 1. The van der Waals surface area contributed by atoms with E-state index in [0.717, 1.165) is 17.1 Å². The first-order valence-electron chi connectivity index (χ1n) is 21.1. The molecule has 0 aliphatic heterocycles. The molecule has 12 aromatic rings. The van der Waals surface area contributed by atoms with Gasteiger partial charge in [0.15, 0.2) is 0 Å². The molecule has 0 heterocycles. The normalized spacial score (nSPS) is 11.6. The van der Waals surface area contributed by atoms with Crippen LogP contribution >= 0.6 is 0 Å². The van der Waals surface area contributed by atoms with Crippen LogP contribution in [0.4, 0.5) is 17.1 Å². The molecule has 0 amide bonds. The molecule has 0 saturated carbocycles. The Bertz CT molecular complexity index is 3630. The van der Waals surface area contributed by atoms with Gasteiger partial charge in [0.2, 0.25) is 0 Å². The molecule has 1 heteroatoms. The molecule has 0 saturated heterocycles. The van der Waals surface area contributed by atoms with Gasteiger partial charge in [0, 0.05) is 16.9 Å². The van der Waals surface area contributed by atoms with Gasteiger partial charge in [-0.2, -0.15) is 0 Å². The van der Waals surface area contributed by atoms with Crippen molar-refractivity contribution in [1.82, 2.24) is 0 Å². The first-order valence-corrected chi connectivity index (χ1v) is 21.1. The molecule has 0 fully saturated rings. The maximum Gasteiger partial charge on any atom is 0.0540 e. The highest BCUT2D eigenvalue weighted by atomic mass is 15.1. The van der Waals surface area contributed by atoms with E-state index in [-0.39, 0.29) is 0 Å². The second-order valence-corrected chi connectivity index (χ2v) is 16.1. The number of hydrogen-bond donors (Lipinski definition) is 0. The van der Waals surface area contributed by atoms with Crippen LogP contribution in [0.5, 0.6) is 0 Å². The highest BCUT2D eigenvalue weighted by molar-refractivity contribution is 6.20. The van der Waals surface area contributed by atoms with Crippen molar-refractivity contribution in [2.24, 2.45) is 0 Å². The average molecular weight is 774 g/mol. The van der Waals surface area contributed by atoms with Crippen LogP contribution in [0.3, 0.4) is 0 Å². The molecule has 0 N–H and O–H groups in total. The molecular weight excluding hydrogens is 735 g/mol. The Hall–Kier alpha value is -8.00. The summed E-state index contributed by atoms with van der Waals surface area (Å²) in [6.45, 7) is 0. The van der Waals surface area contributed by atoms with E-state index in [2.05, 4.69) is 241 Å². The van der Waals surface area contributed by atoms with Crippen molar-refractivity contribution >= 4 is 81.7 Å². The van der Waals surface area contributed by atoms with Gasteiger partial charge >= 0.3 is 0 Å². The molecule has 1 nitrogen and oxygen atoms in total. The molecular formula is C60H39N. The predicted octanol–water partition coefficient (Wildman–Crippen LogP) is 17.1. The Balaban J connectivity index is 1.04. The van der Waals surface area contributed by atoms with Crippen molar-refractivity contribution in [2.75, 3.05) is 4.90 Å². The molecule has 0 unspecified atom stereocenters. The van der Waals surface area contributed by atoms with Crippen LogP contribution in [0.1, 0.15) is 0 Å². The second-order valence-electron chi connectivity index (χ2n) is 16.1. The summed E-state index contributed by atoms with van der Waals surface area (Å²) in [5.41, 5.74) is 10.5. The second kappa shape index (κ2) is 14.4. The average Bonchev–Trinajstić information content (AvgIpc) is 3.34. The third-order valence-corrected chi connectivity index (χ3v) is 12.6. The minimum Gasteiger partial charge on any atom is -0.310 e. The van der Waals surface area contributed by atoms with E-state index >= 15 is 0 Å². The molecule has 61 heavy (non-hydrogen) atoms.